The van der Waals surface area contributed by atoms with E-state index in [-0.39, 0.29) is 18.3 Å². The second-order valence-electron chi connectivity index (χ2n) is 8.12. The van der Waals surface area contributed by atoms with Crippen molar-refractivity contribution in [1.82, 2.24) is 20.3 Å². The summed E-state index contributed by atoms with van der Waals surface area (Å²) in [6, 6.07) is 17.3. The number of methoxy groups -OCH3 is 1. The minimum atomic E-state index is -0.756. The Hall–Kier alpha value is -3.81. The molecule has 0 aliphatic carbocycles. The molecule has 0 saturated carbocycles. The molecule has 9 nitrogen and oxygen atoms in total. The van der Waals surface area contributed by atoms with Crippen molar-refractivity contribution in [2.45, 2.75) is 6.54 Å². The number of carbonyl (C=O) groups is 1. The number of morpholine rings is 1. The lowest BCUT2D eigenvalue weighted by atomic mass is 10.1. The van der Waals surface area contributed by atoms with Crippen LogP contribution >= 0.6 is 0 Å². The lowest BCUT2D eigenvalue weighted by Gasteiger charge is -2.26. The van der Waals surface area contributed by atoms with Crippen molar-refractivity contribution in [3.05, 3.63) is 77.0 Å². The summed E-state index contributed by atoms with van der Waals surface area (Å²) >= 11 is 0. The van der Waals surface area contributed by atoms with Crippen LogP contribution in [0.2, 0.25) is 0 Å². The molecule has 1 aliphatic heterocycles. The largest absolute Gasteiger partial charge is 0.461 e. The highest BCUT2D eigenvalue weighted by atomic mass is 16.5. The van der Waals surface area contributed by atoms with E-state index in [0.29, 0.717) is 12.3 Å². The zero-order valence-corrected chi connectivity index (χ0v) is 20.1. The van der Waals surface area contributed by atoms with Gasteiger partial charge in [-0.3, -0.25) is 14.9 Å². The smallest absolute Gasteiger partial charge is 0.317 e. The monoisotopic (exact) mass is 488 g/mol. The van der Waals surface area contributed by atoms with E-state index >= 15 is 0 Å². The maximum Gasteiger partial charge on any atom is 0.317 e. The van der Waals surface area contributed by atoms with Crippen LogP contribution in [0.15, 0.2) is 54.6 Å². The third-order valence-corrected chi connectivity index (χ3v) is 5.55. The molecule has 0 atom stereocenters. The topological polar surface area (TPSA) is 106 Å². The average molecular weight is 489 g/mol. The maximum atomic E-state index is 11.9. The highest BCUT2D eigenvalue weighted by Gasteiger charge is 2.14. The minimum absolute atomic E-state index is 0.0177. The van der Waals surface area contributed by atoms with Crippen LogP contribution in [0.25, 0.3) is 11.3 Å². The van der Waals surface area contributed by atoms with Crippen LogP contribution in [0.5, 0.6) is 6.01 Å². The van der Waals surface area contributed by atoms with E-state index in [4.69, 9.17) is 19.4 Å². The van der Waals surface area contributed by atoms with Gasteiger partial charge in [0.25, 0.3) is 5.91 Å². The number of nitrogens with zero attached hydrogens (tertiary/aromatic N) is 3. The van der Waals surface area contributed by atoms with Gasteiger partial charge in [0.2, 0.25) is 0 Å². The van der Waals surface area contributed by atoms with Crippen molar-refractivity contribution in [1.29, 1.82) is 0 Å². The Morgan fingerprint density at radius 1 is 1.03 bits per heavy atom. The predicted octanol–water partition coefficient (Wildman–Crippen LogP) is 2.52. The first-order chi connectivity index (χ1) is 17.6. The predicted molar refractivity (Wildman–Crippen MR) is 133 cm³/mol. The van der Waals surface area contributed by atoms with E-state index in [9.17, 15) is 4.79 Å². The van der Waals surface area contributed by atoms with Crippen molar-refractivity contribution in [3.63, 3.8) is 0 Å². The number of ether oxygens (including phenoxy) is 3. The molecule has 0 spiro atoms. The minimum Gasteiger partial charge on any atom is -0.461 e. The number of rotatable bonds is 8. The van der Waals surface area contributed by atoms with Gasteiger partial charge >= 0.3 is 6.01 Å². The molecular weight excluding hydrogens is 460 g/mol. The van der Waals surface area contributed by atoms with E-state index in [1.165, 1.54) is 11.6 Å². The van der Waals surface area contributed by atoms with Crippen LogP contribution < -0.4 is 10.2 Å². The van der Waals surface area contributed by atoms with Gasteiger partial charge in [-0.2, -0.15) is 9.97 Å². The van der Waals surface area contributed by atoms with Gasteiger partial charge in [-0.15, -0.1) is 0 Å². The summed E-state index contributed by atoms with van der Waals surface area (Å²) < 4.78 is 15.8. The lowest BCUT2D eigenvalue weighted by molar-refractivity contribution is 0.0342. The van der Waals surface area contributed by atoms with Crippen molar-refractivity contribution < 1.29 is 24.2 Å². The Bertz CT molecular complexity index is 1210. The number of aromatic nitrogens is 2. The quantitative estimate of drug-likeness (QED) is 0.216. The maximum absolute atomic E-state index is 11.9. The van der Waals surface area contributed by atoms with E-state index < -0.39 is 5.91 Å². The van der Waals surface area contributed by atoms with Gasteiger partial charge in [0.05, 0.1) is 25.5 Å². The van der Waals surface area contributed by atoms with Gasteiger partial charge in [-0.1, -0.05) is 36.1 Å². The molecule has 36 heavy (non-hydrogen) atoms. The second kappa shape index (κ2) is 12.8. The molecule has 186 valence electrons. The molecule has 3 aromatic rings. The lowest BCUT2D eigenvalue weighted by Crippen LogP contribution is -2.35. The SMILES string of the molecule is COCCOc1nc(C(=O)NO)cc(-c2ccc(C#Cc3ccc(CN4CCOCC4)cc3)cc2)n1. The summed E-state index contributed by atoms with van der Waals surface area (Å²) in [4.78, 5) is 22.7. The molecule has 0 bridgehead atoms. The van der Waals surface area contributed by atoms with Crippen molar-refractivity contribution in [3.8, 4) is 29.1 Å². The Morgan fingerprint density at radius 3 is 2.33 bits per heavy atom. The van der Waals surface area contributed by atoms with E-state index in [1.807, 2.05) is 36.4 Å². The third kappa shape index (κ3) is 7.10. The first kappa shape index (κ1) is 25.3. The number of hydrogen-bond donors (Lipinski definition) is 2. The van der Waals surface area contributed by atoms with Gasteiger partial charge < -0.3 is 14.2 Å². The van der Waals surface area contributed by atoms with Crippen LogP contribution in [-0.2, 0) is 16.0 Å². The van der Waals surface area contributed by atoms with E-state index in [2.05, 4.69) is 38.8 Å². The summed E-state index contributed by atoms with van der Waals surface area (Å²) in [5.41, 5.74) is 5.84. The van der Waals surface area contributed by atoms with Gasteiger partial charge in [-0.05, 0) is 35.9 Å². The number of amides is 1. The molecule has 1 amide bonds. The molecule has 9 heteroatoms. The normalized spacial score (nSPS) is 13.5. The van der Waals surface area contributed by atoms with Crippen LogP contribution in [0.3, 0.4) is 0 Å². The van der Waals surface area contributed by atoms with Gasteiger partial charge in [0.15, 0.2) is 0 Å². The number of hydrogen-bond acceptors (Lipinski definition) is 8. The van der Waals surface area contributed by atoms with Crippen LogP contribution in [-0.4, -0.2) is 72.6 Å². The molecule has 1 aromatic heterocycles. The molecule has 2 aromatic carbocycles. The Balaban J connectivity index is 1.45. The van der Waals surface area contributed by atoms with E-state index in [1.54, 1.807) is 12.6 Å². The van der Waals surface area contributed by atoms with Crippen molar-refractivity contribution in [2.24, 2.45) is 0 Å². The van der Waals surface area contributed by atoms with Gasteiger partial charge in [-0.25, -0.2) is 5.48 Å². The molecule has 1 aliphatic rings. The molecule has 4 rings (SSSR count). The first-order valence-electron chi connectivity index (χ1n) is 11.6. The van der Waals surface area contributed by atoms with Gasteiger partial charge in [0, 0.05) is 43.4 Å². The summed E-state index contributed by atoms with van der Waals surface area (Å²) in [5.74, 6) is 5.62. The number of hydroxylamine groups is 1. The Morgan fingerprint density at radius 2 is 1.69 bits per heavy atom. The number of nitrogens with one attached hydrogen (secondary N) is 1. The molecule has 2 N–H and O–H groups in total. The fraction of sp³-hybridized carbons (Fsp3) is 0.296. The molecule has 0 unspecified atom stereocenters. The standard InChI is InChI=1S/C27H28N4O5/c1-34-16-17-36-27-28-24(18-25(29-27)26(32)30-33)23-10-8-21(9-11-23)3-2-20-4-6-22(7-5-20)19-31-12-14-35-15-13-31/h4-11,18,33H,12-17,19H2,1H3,(H,30,32). The number of carbonyl (C=O) groups excluding carboxylic acids is 1. The summed E-state index contributed by atoms with van der Waals surface area (Å²) in [6.07, 6.45) is 0. The molecular formula is C27H28N4O5. The zero-order chi connectivity index (χ0) is 25.2. The van der Waals surface area contributed by atoms with Gasteiger partial charge in [0.1, 0.15) is 12.3 Å². The second-order valence-corrected chi connectivity index (χ2v) is 8.12. The van der Waals surface area contributed by atoms with Crippen molar-refractivity contribution in [2.75, 3.05) is 46.6 Å². The fourth-order valence-corrected chi connectivity index (χ4v) is 3.61. The van der Waals surface area contributed by atoms with Crippen LogP contribution in [0.1, 0.15) is 27.2 Å². The third-order valence-electron chi connectivity index (χ3n) is 5.55. The first-order valence-corrected chi connectivity index (χ1v) is 11.6. The Labute approximate surface area is 210 Å². The van der Waals surface area contributed by atoms with Crippen molar-refractivity contribution >= 4 is 5.91 Å². The Kier molecular flexibility index (Phi) is 8.97. The zero-order valence-electron chi connectivity index (χ0n) is 20.1. The highest BCUT2D eigenvalue weighted by Crippen LogP contribution is 2.21. The highest BCUT2D eigenvalue weighted by molar-refractivity contribution is 5.92. The average Bonchev–Trinajstić information content (AvgIpc) is 2.93. The summed E-state index contributed by atoms with van der Waals surface area (Å²) in [7, 11) is 1.55. The van der Waals surface area contributed by atoms with Crippen LogP contribution in [0.4, 0.5) is 0 Å². The fourth-order valence-electron chi connectivity index (χ4n) is 3.61. The van der Waals surface area contributed by atoms with Crippen LogP contribution in [0, 0.1) is 11.8 Å². The summed E-state index contributed by atoms with van der Waals surface area (Å²) in [5, 5.41) is 8.99. The molecule has 2 heterocycles. The summed E-state index contributed by atoms with van der Waals surface area (Å²) in [6.45, 7) is 5.00. The molecule has 0 radical (unpaired) electrons. The molecule has 1 fully saturated rings. The molecule has 1 saturated heterocycles. The number of benzene rings is 2. The van der Waals surface area contributed by atoms with E-state index in [0.717, 1.165) is 49.5 Å².